The standard InChI is InChI=1S/C8H10FNO/c1-5(11)6-2-7(9)4-8(10)3-6/h2-5,11H,10H2,1H3. The number of benzene rings is 1. The summed E-state index contributed by atoms with van der Waals surface area (Å²) in [6.45, 7) is 1.56. The third-order valence-corrected chi connectivity index (χ3v) is 1.42. The third kappa shape index (κ3) is 1.91. The van der Waals surface area contributed by atoms with Gasteiger partial charge in [-0.2, -0.15) is 0 Å². The van der Waals surface area contributed by atoms with Gasteiger partial charge in [-0.3, -0.25) is 0 Å². The van der Waals surface area contributed by atoms with Crippen LogP contribution in [0.2, 0.25) is 0 Å². The van der Waals surface area contributed by atoms with Crippen LogP contribution >= 0.6 is 0 Å². The molecule has 2 nitrogen and oxygen atoms in total. The van der Waals surface area contributed by atoms with Crippen LogP contribution in [0.25, 0.3) is 0 Å². The van der Waals surface area contributed by atoms with Gasteiger partial charge in [0.25, 0.3) is 0 Å². The lowest BCUT2D eigenvalue weighted by atomic mass is 10.1. The monoisotopic (exact) mass is 155 g/mol. The van der Waals surface area contributed by atoms with Crippen molar-refractivity contribution in [3.63, 3.8) is 0 Å². The van der Waals surface area contributed by atoms with Gasteiger partial charge in [-0.15, -0.1) is 0 Å². The van der Waals surface area contributed by atoms with Crippen LogP contribution in [0.15, 0.2) is 18.2 Å². The molecule has 0 amide bonds. The molecule has 3 heteroatoms. The minimum Gasteiger partial charge on any atom is -0.399 e. The summed E-state index contributed by atoms with van der Waals surface area (Å²) in [6.07, 6.45) is -0.673. The largest absolute Gasteiger partial charge is 0.399 e. The summed E-state index contributed by atoms with van der Waals surface area (Å²) in [6, 6.07) is 4.03. The second-order valence-electron chi connectivity index (χ2n) is 2.49. The lowest BCUT2D eigenvalue weighted by Gasteiger charge is -2.04. The Kier molecular flexibility index (Phi) is 2.10. The molecule has 0 bridgehead atoms. The molecule has 1 aromatic carbocycles. The van der Waals surface area contributed by atoms with E-state index in [1.165, 1.54) is 12.1 Å². The van der Waals surface area contributed by atoms with E-state index in [1.54, 1.807) is 13.0 Å². The second-order valence-corrected chi connectivity index (χ2v) is 2.49. The van der Waals surface area contributed by atoms with Crippen molar-refractivity contribution < 1.29 is 9.50 Å². The van der Waals surface area contributed by atoms with Crippen molar-refractivity contribution in [3.8, 4) is 0 Å². The first-order valence-corrected chi connectivity index (χ1v) is 3.33. The highest BCUT2D eigenvalue weighted by molar-refractivity contribution is 5.41. The third-order valence-electron chi connectivity index (χ3n) is 1.42. The molecule has 3 N–H and O–H groups in total. The maximum atomic E-state index is 12.6. The molecular formula is C8H10FNO. The Labute approximate surface area is 64.5 Å². The zero-order valence-electron chi connectivity index (χ0n) is 6.21. The van der Waals surface area contributed by atoms with E-state index in [2.05, 4.69) is 0 Å². The van der Waals surface area contributed by atoms with Crippen molar-refractivity contribution in [2.45, 2.75) is 13.0 Å². The highest BCUT2D eigenvalue weighted by Crippen LogP contribution is 2.16. The van der Waals surface area contributed by atoms with E-state index in [0.29, 0.717) is 11.3 Å². The van der Waals surface area contributed by atoms with Crippen molar-refractivity contribution >= 4 is 5.69 Å². The Morgan fingerprint density at radius 1 is 1.45 bits per heavy atom. The lowest BCUT2D eigenvalue weighted by molar-refractivity contribution is 0.199. The van der Waals surface area contributed by atoms with Gasteiger partial charge in [0.2, 0.25) is 0 Å². The Morgan fingerprint density at radius 3 is 2.55 bits per heavy atom. The van der Waals surface area contributed by atoms with Gasteiger partial charge in [0.05, 0.1) is 6.10 Å². The first-order chi connectivity index (χ1) is 5.09. The summed E-state index contributed by atoms with van der Waals surface area (Å²) in [5, 5.41) is 9.05. The van der Waals surface area contributed by atoms with Crippen molar-refractivity contribution in [2.24, 2.45) is 0 Å². The number of halogens is 1. The fraction of sp³-hybridized carbons (Fsp3) is 0.250. The summed E-state index contributed by atoms with van der Waals surface area (Å²) in [5.41, 5.74) is 6.18. The Balaban J connectivity index is 3.08. The second kappa shape index (κ2) is 2.88. The number of aliphatic hydroxyl groups is 1. The molecular weight excluding hydrogens is 145 g/mol. The molecule has 0 saturated carbocycles. The summed E-state index contributed by atoms with van der Waals surface area (Å²) in [5.74, 6) is -0.416. The van der Waals surface area contributed by atoms with Gasteiger partial charge in [-0.25, -0.2) is 4.39 Å². The van der Waals surface area contributed by atoms with Crippen LogP contribution in [0.5, 0.6) is 0 Å². The summed E-state index contributed by atoms with van der Waals surface area (Å²) < 4.78 is 12.6. The van der Waals surface area contributed by atoms with Crippen LogP contribution in [-0.4, -0.2) is 5.11 Å². The first-order valence-electron chi connectivity index (χ1n) is 3.33. The van der Waals surface area contributed by atoms with E-state index in [9.17, 15) is 4.39 Å². The lowest BCUT2D eigenvalue weighted by Crippen LogP contribution is -1.95. The molecule has 1 rings (SSSR count). The Bertz CT molecular complexity index is 240. The molecule has 0 aliphatic heterocycles. The van der Waals surface area contributed by atoms with E-state index in [1.807, 2.05) is 0 Å². The van der Waals surface area contributed by atoms with Gasteiger partial charge < -0.3 is 10.8 Å². The fourth-order valence-corrected chi connectivity index (χ4v) is 0.877. The molecule has 0 saturated heterocycles. The number of rotatable bonds is 1. The van der Waals surface area contributed by atoms with Gasteiger partial charge in [-0.1, -0.05) is 0 Å². The average molecular weight is 155 g/mol. The quantitative estimate of drug-likeness (QED) is 0.603. The molecule has 0 radical (unpaired) electrons. The number of nitrogen functional groups attached to an aromatic ring is 1. The summed E-state index contributed by atoms with van der Waals surface area (Å²) >= 11 is 0. The molecule has 11 heavy (non-hydrogen) atoms. The smallest absolute Gasteiger partial charge is 0.125 e. The zero-order valence-corrected chi connectivity index (χ0v) is 6.21. The van der Waals surface area contributed by atoms with Crippen LogP contribution in [0.4, 0.5) is 10.1 Å². The van der Waals surface area contributed by atoms with Crippen molar-refractivity contribution in [2.75, 3.05) is 5.73 Å². The molecule has 1 aromatic rings. The molecule has 0 fully saturated rings. The topological polar surface area (TPSA) is 46.2 Å². The summed E-state index contributed by atoms with van der Waals surface area (Å²) in [7, 11) is 0. The van der Waals surface area contributed by atoms with E-state index in [0.717, 1.165) is 0 Å². The van der Waals surface area contributed by atoms with E-state index >= 15 is 0 Å². The van der Waals surface area contributed by atoms with Crippen LogP contribution < -0.4 is 5.73 Å². The number of hydrogen-bond acceptors (Lipinski definition) is 2. The van der Waals surface area contributed by atoms with Crippen LogP contribution in [0.3, 0.4) is 0 Å². The molecule has 0 spiro atoms. The van der Waals surface area contributed by atoms with Crippen LogP contribution in [0.1, 0.15) is 18.6 Å². The number of anilines is 1. The van der Waals surface area contributed by atoms with Crippen LogP contribution in [-0.2, 0) is 0 Å². The van der Waals surface area contributed by atoms with Gasteiger partial charge in [-0.05, 0) is 30.7 Å². The predicted octanol–water partition coefficient (Wildman–Crippen LogP) is 1.46. The predicted molar refractivity (Wildman–Crippen MR) is 41.4 cm³/mol. The Hall–Kier alpha value is -1.09. The molecule has 1 atom stereocenters. The minimum absolute atomic E-state index is 0.334. The maximum Gasteiger partial charge on any atom is 0.125 e. The fourth-order valence-electron chi connectivity index (χ4n) is 0.877. The van der Waals surface area contributed by atoms with E-state index in [4.69, 9.17) is 10.8 Å². The van der Waals surface area contributed by atoms with Crippen molar-refractivity contribution in [3.05, 3.63) is 29.6 Å². The number of hydrogen-bond donors (Lipinski definition) is 2. The molecule has 0 aromatic heterocycles. The van der Waals surface area contributed by atoms with E-state index in [-0.39, 0.29) is 0 Å². The number of nitrogens with two attached hydrogens (primary N) is 1. The first kappa shape index (κ1) is 8.01. The van der Waals surface area contributed by atoms with Gasteiger partial charge >= 0.3 is 0 Å². The van der Waals surface area contributed by atoms with Crippen molar-refractivity contribution in [1.82, 2.24) is 0 Å². The molecule has 0 heterocycles. The Morgan fingerprint density at radius 2 is 2.09 bits per heavy atom. The molecule has 1 unspecified atom stereocenters. The van der Waals surface area contributed by atoms with Crippen LogP contribution in [0, 0.1) is 5.82 Å². The zero-order chi connectivity index (χ0) is 8.43. The maximum absolute atomic E-state index is 12.6. The van der Waals surface area contributed by atoms with Gasteiger partial charge in [0.1, 0.15) is 5.82 Å². The van der Waals surface area contributed by atoms with Gasteiger partial charge in [0.15, 0.2) is 0 Å². The molecule has 0 aliphatic carbocycles. The summed E-state index contributed by atoms with van der Waals surface area (Å²) in [4.78, 5) is 0. The SMILES string of the molecule is CC(O)c1cc(N)cc(F)c1. The highest BCUT2D eigenvalue weighted by atomic mass is 19.1. The van der Waals surface area contributed by atoms with Gasteiger partial charge in [0, 0.05) is 5.69 Å². The van der Waals surface area contributed by atoms with E-state index < -0.39 is 11.9 Å². The highest BCUT2D eigenvalue weighted by Gasteiger charge is 2.02. The number of aliphatic hydroxyl groups excluding tert-OH is 1. The average Bonchev–Trinajstić information content (AvgIpc) is 1.85. The normalized spacial score (nSPS) is 13.0. The molecule has 0 aliphatic rings. The minimum atomic E-state index is -0.673. The van der Waals surface area contributed by atoms with Crippen molar-refractivity contribution in [1.29, 1.82) is 0 Å². The molecule has 60 valence electrons.